The first-order valence-corrected chi connectivity index (χ1v) is 6.79. The standard InChI is InChI=1S/C16H22N2O/c1-5-18-15(9-13(4)17-18)16(19)10-14-8-11(2)6-7-12(14)3/h6-9,16,19H,5,10H2,1-4H3. The Labute approximate surface area is 114 Å². The van der Waals surface area contributed by atoms with E-state index in [0.717, 1.165) is 17.9 Å². The molecule has 19 heavy (non-hydrogen) atoms. The second-order valence-corrected chi connectivity index (χ2v) is 5.18. The highest BCUT2D eigenvalue weighted by Crippen LogP contribution is 2.22. The molecule has 0 spiro atoms. The third-order valence-corrected chi connectivity index (χ3v) is 3.49. The third kappa shape index (κ3) is 3.04. The van der Waals surface area contributed by atoms with Crippen LogP contribution in [0.5, 0.6) is 0 Å². The van der Waals surface area contributed by atoms with Gasteiger partial charge in [-0.2, -0.15) is 5.10 Å². The van der Waals surface area contributed by atoms with Crippen molar-refractivity contribution in [1.82, 2.24) is 9.78 Å². The van der Waals surface area contributed by atoms with E-state index >= 15 is 0 Å². The Morgan fingerprint density at radius 1 is 1.21 bits per heavy atom. The molecule has 3 heteroatoms. The molecule has 0 radical (unpaired) electrons. The van der Waals surface area contributed by atoms with Crippen LogP contribution in [0.25, 0.3) is 0 Å². The van der Waals surface area contributed by atoms with E-state index in [2.05, 4.69) is 37.1 Å². The van der Waals surface area contributed by atoms with Crippen LogP contribution in [0.2, 0.25) is 0 Å². The lowest BCUT2D eigenvalue weighted by Gasteiger charge is -2.14. The minimum atomic E-state index is -0.498. The molecule has 0 saturated carbocycles. The molecular formula is C16H22N2O. The van der Waals surface area contributed by atoms with E-state index in [9.17, 15) is 5.11 Å². The smallest absolute Gasteiger partial charge is 0.0997 e. The first-order valence-electron chi connectivity index (χ1n) is 6.79. The highest BCUT2D eigenvalue weighted by molar-refractivity contribution is 5.31. The highest BCUT2D eigenvalue weighted by Gasteiger charge is 2.15. The number of aryl methyl sites for hydroxylation is 4. The number of aliphatic hydroxyl groups excluding tert-OH is 1. The van der Waals surface area contributed by atoms with Gasteiger partial charge in [0.25, 0.3) is 0 Å². The van der Waals surface area contributed by atoms with Crippen molar-refractivity contribution in [3.63, 3.8) is 0 Å². The molecule has 2 aromatic rings. The maximum Gasteiger partial charge on any atom is 0.0997 e. The van der Waals surface area contributed by atoms with Crippen LogP contribution in [0.1, 0.15) is 41.1 Å². The fourth-order valence-electron chi connectivity index (χ4n) is 2.42. The second-order valence-electron chi connectivity index (χ2n) is 5.18. The van der Waals surface area contributed by atoms with E-state index in [1.807, 2.05) is 24.6 Å². The van der Waals surface area contributed by atoms with Gasteiger partial charge >= 0.3 is 0 Å². The first kappa shape index (κ1) is 13.8. The van der Waals surface area contributed by atoms with Gasteiger partial charge in [0.2, 0.25) is 0 Å². The lowest BCUT2D eigenvalue weighted by molar-refractivity contribution is 0.167. The third-order valence-electron chi connectivity index (χ3n) is 3.49. The van der Waals surface area contributed by atoms with Crippen molar-refractivity contribution in [2.45, 2.75) is 46.8 Å². The van der Waals surface area contributed by atoms with Crippen molar-refractivity contribution in [3.8, 4) is 0 Å². The lowest BCUT2D eigenvalue weighted by Crippen LogP contribution is -2.10. The molecular weight excluding hydrogens is 236 g/mol. The maximum absolute atomic E-state index is 10.5. The van der Waals surface area contributed by atoms with Crippen molar-refractivity contribution in [2.75, 3.05) is 0 Å². The second kappa shape index (κ2) is 5.57. The number of nitrogens with zero attached hydrogens (tertiary/aromatic N) is 2. The molecule has 0 saturated heterocycles. The fraction of sp³-hybridized carbons (Fsp3) is 0.438. The molecule has 0 aliphatic carbocycles. The van der Waals surface area contributed by atoms with Crippen LogP contribution in [-0.2, 0) is 13.0 Å². The van der Waals surface area contributed by atoms with Crippen molar-refractivity contribution in [1.29, 1.82) is 0 Å². The summed E-state index contributed by atoms with van der Waals surface area (Å²) in [5.41, 5.74) is 5.52. The molecule has 1 atom stereocenters. The van der Waals surface area contributed by atoms with Gasteiger partial charge in [0.15, 0.2) is 0 Å². The molecule has 0 fully saturated rings. The number of hydrogen-bond acceptors (Lipinski definition) is 2. The van der Waals surface area contributed by atoms with E-state index in [-0.39, 0.29) is 0 Å². The zero-order valence-electron chi connectivity index (χ0n) is 12.1. The molecule has 1 aromatic carbocycles. The van der Waals surface area contributed by atoms with Gasteiger partial charge in [-0.15, -0.1) is 0 Å². The topological polar surface area (TPSA) is 38.0 Å². The molecule has 102 valence electrons. The number of benzene rings is 1. The Hall–Kier alpha value is -1.61. The van der Waals surface area contributed by atoms with E-state index < -0.39 is 6.10 Å². The van der Waals surface area contributed by atoms with E-state index in [4.69, 9.17) is 0 Å². The quantitative estimate of drug-likeness (QED) is 0.915. The average molecular weight is 258 g/mol. The average Bonchev–Trinajstić information content (AvgIpc) is 2.75. The summed E-state index contributed by atoms with van der Waals surface area (Å²) in [6.07, 6.45) is 0.139. The van der Waals surface area contributed by atoms with Crippen LogP contribution in [0.15, 0.2) is 24.3 Å². The van der Waals surface area contributed by atoms with Crippen LogP contribution in [0.3, 0.4) is 0 Å². The van der Waals surface area contributed by atoms with Gasteiger partial charge in [-0.25, -0.2) is 0 Å². The summed E-state index contributed by atoms with van der Waals surface area (Å²) in [4.78, 5) is 0. The van der Waals surface area contributed by atoms with E-state index in [1.165, 1.54) is 16.7 Å². The normalized spacial score (nSPS) is 12.7. The molecule has 1 unspecified atom stereocenters. The van der Waals surface area contributed by atoms with Crippen molar-refractivity contribution >= 4 is 0 Å². The Balaban J connectivity index is 2.25. The summed E-state index contributed by atoms with van der Waals surface area (Å²) < 4.78 is 1.88. The number of aliphatic hydroxyl groups is 1. The predicted octanol–water partition coefficient (Wildman–Crippen LogP) is 3.10. The number of hydrogen-bond donors (Lipinski definition) is 1. The van der Waals surface area contributed by atoms with Gasteiger partial charge in [0.05, 0.1) is 17.5 Å². The summed E-state index contributed by atoms with van der Waals surface area (Å²) in [7, 11) is 0. The lowest BCUT2D eigenvalue weighted by atomic mass is 9.99. The Bertz CT molecular complexity index is 572. The number of rotatable bonds is 4. The summed E-state index contributed by atoms with van der Waals surface area (Å²) in [5.74, 6) is 0. The zero-order chi connectivity index (χ0) is 14.0. The molecule has 1 heterocycles. The van der Waals surface area contributed by atoms with Crippen LogP contribution < -0.4 is 0 Å². The Morgan fingerprint density at radius 3 is 2.63 bits per heavy atom. The monoisotopic (exact) mass is 258 g/mol. The Morgan fingerprint density at radius 2 is 1.95 bits per heavy atom. The highest BCUT2D eigenvalue weighted by atomic mass is 16.3. The van der Waals surface area contributed by atoms with Crippen molar-refractivity contribution in [3.05, 3.63) is 52.3 Å². The van der Waals surface area contributed by atoms with Crippen LogP contribution in [0.4, 0.5) is 0 Å². The summed E-state index contributed by atoms with van der Waals surface area (Å²) in [6, 6.07) is 8.34. The summed E-state index contributed by atoms with van der Waals surface area (Å²) in [6.45, 7) is 8.95. The molecule has 0 bridgehead atoms. The summed E-state index contributed by atoms with van der Waals surface area (Å²) >= 11 is 0. The first-order chi connectivity index (χ1) is 9.01. The Kier molecular flexibility index (Phi) is 4.05. The van der Waals surface area contributed by atoms with Crippen LogP contribution in [-0.4, -0.2) is 14.9 Å². The molecule has 2 rings (SSSR count). The van der Waals surface area contributed by atoms with Gasteiger partial charge in [0, 0.05) is 13.0 Å². The summed E-state index contributed by atoms with van der Waals surface area (Å²) in [5, 5.41) is 14.8. The van der Waals surface area contributed by atoms with E-state index in [1.54, 1.807) is 0 Å². The minimum Gasteiger partial charge on any atom is -0.386 e. The zero-order valence-corrected chi connectivity index (χ0v) is 12.1. The van der Waals surface area contributed by atoms with Crippen LogP contribution >= 0.6 is 0 Å². The minimum absolute atomic E-state index is 0.498. The largest absolute Gasteiger partial charge is 0.386 e. The van der Waals surface area contributed by atoms with E-state index in [0.29, 0.717) is 6.42 Å². The van der Waals surface area contributed by atoms with Gasteiger partial charge in [-0.05, 0) is 44.9 Å². The van der Waals surface area contributed by atoms with Gasteiger partial charge < -0.3 is 5.11 Å². The molecule has 1 aromatic heterocycles. The van der Waals surface area contributed by atoms with Crippen molar-refractivity contribution < 1.29 is 5.11 Å². The van der Waals surface area contributed by atoms with Gasteiger partial charge in [-0.1, -0.05) is 23.8 Å². The molecule has 3 nitrogen and oxygen atoms in total. The molecule has 0 amide bonds. The van der Waals surface area contributed by atoms with Gasteiger partial charge in [0.1, 0.15) is 0 Å². The van der Waals surface area contributed by atoms with Crippen LogP contribution in [0, 0.1) is 20.8 Å². The molecule has 1 N–H and O–H groups in total. The molecule has 0 aliphatic heterocycles. The van der Waals surface area contributed by atoms with Gasteiger partial charge in [-0.3, -0.25) is 4.68 Å². The maximum atomic E-state index is 10.5. The fourth-order valence-corrected chi connectivity index (χ4v) is 2.42. The van der Waals surface area contributed by atoms with Crippen molar-refractivity contribution in [2.24, 2.45) is 0 Å². The predicted molar refractivity (Wildman–Crippen MR) is 77.2 cm³/mol. The number of aromatic nitrogens is 2. The molecule has 0 aliphatic rings. The SMILES string of the molecule is CCn1nc(C)cc1C(O)Cc1cc(C)ccc1C.